The van der Waals surface area contributed by atoms with Crippen LogP contribution >= 0.6 is 0 Å². The normalized spacial score (nSPS) is 16.4. The van der Waals surface area contributed by atoms with Crippen LogP contribution < -0.4 is 5.32 Å². The van der Waals surface area contributed by atoms with Crippen molar-refractivity contribution < 1.29 is 13.2 Å². The molecule has 6 nitrogen and oxygen atoms in total. The summed E-state index contributed by atoms with van der Waals surface area (Å²) in [4.78, 5) is 15.4. The molecule has 30 heavy (non-hydrogen) atoms. The molecule has 0 radical (unpaired) electrons. The Bertz CT molecular complexity index is 970. The molecule has 1 atom stereocenters. The third-order valence-corrected chi connectivity index (χ3v) is 7.73. The van der Waals surface area contributed by atoms with Crippen molar-refractivity contribution in [2.45, 2.75) is 44.0 Å². The highest BCUT2D eigenvalue weighted by atomic mass is 32.2. The second kappa shape index (κ2) is 9.73. The first-order valence-corrected chi connectivity index (χ1v) is 12.0. The van der Waals surface area contributed by atoms with Gasteiger partial charge in [-0.2, -0.15) is 4.31 Å². The molecule has 1 fully saturated rings. The van der Waals surface area contributed by atoms with Gasteiger partial charge in [-0.3, -0.25) is 9.69 Å². The van der Waals surface area contributed by atoms with Gasteiger partial charge < -0.3 is 5.32 Å². The van der Waals surface area contributed by atoms with E-state index in [-0.39, 0.29) is 10.8 Å². The van der Waals surface area contributed by atoms with E-state index in [1.807, 2.05) is 49.2 Å². The number of nitrogens with one attached hydrogen (secondary N) is 1. The first kappa shape index (κ1) is 22.5. The van der Waals surface area contributed by atoms with Gasteiger partial charge in [0.15, 0.2) is 0 Å². The van der Waals surface area contributed by atoms with Crippen LogP contribution in [-0.4, -0.2) is 50.2 Å². The molecule has 2 aromatic carbocycles. The van der Waals surface area contributed by atoms with Crippen molar-refractivity contribution in [3.8, 4) is 0 Å². The van der Waals surface area contributed by atoms with Gasteiger partial charge in [0.25, 0.3) is 0 Å². The van der Waals surface area contributed by atoms with Crippen molar-refractivity contribution in [3.63, 3.8) is 0 Å². The van der Waals surface area contributed by atoms with Crippen molar-refractivity contribution in [1.29, 1.82) is 0 Å². The average molecular weight is 430 g/mol. The third-order valence-electron chi connectivity index (χ3n) is 5.69. The predicted octanol–water partition coefficient (Wildman–Crippen LogP) is 3.80. The van der Waals surface area contributed by atoms with E-state index in [9.17, 15) is 13.2 Å². The maximum atomic E-state index is 13.2. The molecular weight excluding hydrogens is 398 g/mol. The summed E-state index contributed by atoms with van der Waals surface area (Å²) < 4.78 is 27.9. The molecule has 1 aliphatic rings. The van der Waals surface area contributed by atoms with Crippen molar-refractivity contribution in [3.05, 3.63) is 59.7 Å². The van der Waals surface area contributed by atoms with Crippen LogP contribution in [0.1, 0.15) is 43.4 Å². The average Bonchev–Trinajstić information content (AvgIpc) is 2.76. The molecule has 2 aromatic rings. The number of rotatable bonds is 7. The Hall–Kier alpha value is -2.22. The van der Waals surface area contributed by atoms with Gasteiger partial charge in [-0.25, -0.2) is 8.42 Å². The topological polar surface area (TPSA) is 69.7 Å². The quantitative estimate of drug-likeness (QED) is 0.727. The lowest BCUT2D eigenvalue weighted by Crippen LogP contribution is -2.36. The monoisotopic (exact) mass is 429 g/mol. The minimum Gasteiger partial charge on any atom is -0.324 e. The van der Waals surface area contributed by atoms with Gasteiger partial charge in [0.1, 0.15) is 6.04 Å². The zero-order valence-electron chi connectivity index (χ0n) is 18.0. The van der Waals surface area contributed by atoms with E-state index < -0.39 is 16.1 Å². The maximum Gasteiger partial charge on any atom is 0.246 e. The Morgan fingerprint density at radius 1 is 1.10 bits per heavy atom. The second-order valence-corrected chi connectivity index (χ2v) is 9.73. The predicted molar refractivity (Wildman–Crippen MR) is 120 cm³/mol. The molecule has 1 N–H and O–H groups in total. The van der Waals surface area contributed by atoms with Gasteiger partial charge in [0, 0.05) is 18.8 Å². The van der Waals surface area contributed by atoms with Crippen LogP contribution in [0.3, 0.4) is 0 Å². The Balaban J connectivity index is 1.87. The lowest BCUT2D eigenvalue weighted by molar-refractivity contribution is -0.121. The number of likely N-dealkylation sites (N-methyl/N-ethyl adjacent to an activating group) is 1. The standard InChI is InChI=1S/C23H31N3O3S/c1-4-25(3)22(19-11-7-5-8-12-19)23(27)24-20-14-13-18(2)21(17-20)30(28,29)26-15-9-6-10-16-26/h5,7-8,11-14,17,22H,4,6,9-10,15-16H2,1-3H3,(H,24,27). The molecular formula is C23H31N3O3S. The van der Waals surface area contributed by atoms with Crippen molar-refractivity contribution in [2.24, 2.45) is 0 Å². The number of sulfonamides is 1. The van der Waals surface area contributed by atoms with Gasteiger partial charge in [0.2, 0.25) is 15.9 Å². The molecule has 1 saturated heterocycles. The van der Waals surface area contributed by atoms with Crippen molar-refractivity contribution in [1.82, 2.24) is 9.21 Å². The SMILES string of the molecule is CCN(C)C(C(=O)Nc1ccc(C)c(S(=O)(=O)N2CCCCC2)c1)c1ccccc1. The van der Waals surface area contributed by atoms with Crippen molar-refractivity contribution in [2.75, 3.05) is 32.0 Å². The number of nitrogens with zero attached hydrogens (tertiary/aromatic N) is 2. The second-order valence-electron chi connectivity index (χ2n) is 7.82. The van der Waals surface area contributed by atoms with E-state index in [2.05, 4.69) is 5.32 Å². The highest BCUT2D eigenvalue weighted by molar-refractivity contribution is 7.89. The molecule has 0 spiro atoms. The van der Waals surface area contributed by atoms with Gasteiger partial charge >= 0.3 is 0 Å². The van der Waals surface area contributed by atoms with Crippen LogP contribution in [0.4, 0.5) is 5.69 Å². The number of amides is 1. The number of hydrogen-bond acceptors (Lipinski definition) is 4. The largest absolute Gasteiger partial charge is 0.324 e. The number of piperidine rings is 1. The van der Waals surface area contributed by atoms with Crippen LogP contribution in [0, 0.1) is 6.92 Å². The van der Waals surface area contributed by atoms with E-state index in [4.69, 9.17) is 0 Å². The van der Waals surface area contributed by atoms with Crippen LogP contribution in [0.25, 0.3) is 0 Å². The Kier molecular flexibility index (Phi) is 7.28. The summed E-state index contributed by atoms with van der Waals surface area (Å²) in [5.74, 6) is -0.185. The lowest BCUT2D eigenvalue weighted by Gasteiger charge is -2.27. The molecule has 0 bridgehead atoms. The lowest BCUT2D eigenvalue weighted by atomic mass is 10.0. The zero-order valence-corrected chi connectivity index (χ0v) is 18.8. The molecule has 1 amide bonds. The molecule has 0 saturated carbocycles. The molecule has 1 aliphatic heterocycles. The van der Waals surface area contributed by atoms with Crippen LogP contribution in [0.15, 0.2) is 53.4 Å². The maximum absolute atomic E-state index is 13.2. The molecule has 3 rings (SSSR count). The van der Waals surface area contributed by atoms with Crippen LogP contribution in [0.5, 0.6) is 0 Å². The smallest absolute Gasteiger partial charge is 0.246 e. The summed E-state index contributed by atoms with van der Waals surface area (Å²) in [6, 6.07) is 14.2. The number of hydrogen-bond donors (Lipinski definition) is 1. The highest BCUT2D eigenvalue weighted by Crippen LogP contribution is 2.27. The van der Waals surface area contributed by atoms with E-state index in [1.54, 1.807) is 29.4 Å². The van der Waals surface area contributed by atoms with E-state index in [1.165, 1.54) is 0 Å². The fourth-order valence-electron chi connectivity index (χ4n) is 3.83. The molecule has 1 heterocycles. The van der Waals surface area contributed by atoms with Gasteiger partial charge in [-0.05, 0) is 56.6 Å². The Morgan fingerprint density at radius 3 is 2.40 bits per heavy atom. The third kappa shape index (κ3) is 4.91. The summed E-state index contributed by atoms with van der Waals surface area (Å²) in [6.07, 6.45) is 2.83. The van der Waals surface area contributed by atoms with Gasteiger partial charge in [-0.15, -0.1) is 0 Å². The zero-order chi connectivity index (χ0) is 21.7. The fourth-order valence-corrected chi connectivity index (χ4v) is 5.60. The minimum absolute atomic E-state index is 0.185. The van der Waals surface area contributed by atoms with Gasteiger partial charge in [0.05, 0.1) is 4.90 Å². The summed E-state index contributed by atoms with van der Waals surface area (Å²) in [5.41, 5.74) is 2.07. The number of aryl methyl sites for hydroxylation is 1. The van der Waals surface area contributed by atoms with E-state index in [0.717, 1.165) is 24.8 Å². The first-order chi connectivity index (χ1) is 14.3. The summed E-state index contributed by atoms with van der Waals surface area (Å²) >= 11 is 0. The Morgan fingerprint density at radius 2 is 1.77 bits per heavy atom. The van der Waals surface area contributed by atoms with E-state index >= 15 is 0 Å². The summed E-state index contributed by atoms with van der Waals surface area (Å²) in [5, 5.41) is 2.93. The number of carbonyl (C=O) groups is 1. The first-order valence-electron chi connectivity index (χ1n) is 10.5. The fraction of sp³-hybridized carbons (Fsp3) is 0.435. The number of anilines is 1. The van der Waals surface area contributed by atoms with Crippen LogP contribution in [-0.2, 0) is 14.8 Å². The van der Waals surface area contributed by atoms with Crippen molar-refractivity contribution >= 4 is 21.6 Å². The molecule has 0 aliphatic carbocycles. The summed E-state index contributed by atoms with van der Waals surface area (Å²) in [7, 11) is -1.67. The molecule has 1 unspecified atom stereocenters. The van der Waals surface area contributed by atoms with Crippen LogP contribution in [0.2, 0.25) is 0 Å². The summed E-state index contributed by atoms with van der Waals surface area (Å²) in [6.45, 7) is 5.60. The van der Waals surface area contributed by atoms with E-state index in [0.29, 0.717) is 30.9 Å². The molecule has 162 valence electrons. The molecule has 7 heteroatoms. The highest BCUT2D eigenvalue weighted by Gasteiger charge is 2.29. The Labute approximate surface area is 179 Å². The van der Waals surface area contributed by atoms with Gasteiger partial charge in [-0.1, -0.05) is 49.7 Å². The molecule has 0 aromatic heterocycles. The number of carbonyl (C=O) groups excluding carboxylic acids is 1. The number of benzene rings is 2. The minimum atomic E-state index is -3.57.